The Labute approximate surface area is 154 Å². The number of halogens is 1. The van der Waals surface area contributed by atoms with Gasteiger partial charge in [0.15, 0.2) is 5.16 Å². The van der Waals surface area contributed by atoms with E-state index in [0.29, 0.717) is 11.3 Å². The highest BCUT2D eigenvalue weighted by atomic mass is 32.2. The summed E-state index contributed by atoms with van der Waals surface area (Å²) in [7, 11) is 0. The summed E-state index contributed by atoms with van der Waals surface area (Å²) in [5.74, 6) is 1.94. The fourth-order valence-electron chi connectivity index (χ4n) is 2.59. The van der Waals surface area contributed by atoms with Gasteiger partial charge in [-0.05, 0) is 43.3 Å². The summed E-state index contributed by atoms with van der Waals surface area (Å²) in [5, 5.41) is 0.737. The summed E-state index contributed by atoms with van der Waals surface area (Å²) < 4.78 is 19.2. The minimum absolute atomic E-state index is 0.277. The predicted molar refractivity (Wildman–Crippen MR) is 101 cm³/mol. The lowest BCUT2D eigenvalue weighted by Gasteiger charge is -2.11. The minimum atomic E-state index is -0.277. The molecule has 1 N–H and O–H groups in total. The predicted octanol–water partition coefficient (Wildman–Crippen LogP) is 5.49. The number of thioether (sulfide) groups is 1. The number of aromatic amines is 1. The highest BCUT2D eigenvalue weighted by Crippen LogP contribution is 2.29. The molecule has 0 aliphatic carbocycles. The van der Waals surface area contributed by atoms with Crippen LogP contribution in [0.4, 0.5) is 4.39 Å². The summed E-state index contributed by atoms with van der Waals surface area (Å²) in [5.41, 5.74) is 3.36. The molecule has 0 aliphatic rings. The number of aromatic nitrogens is 3. The van der Waals surface area contributed by atoms with E-state index in [2.05, 4.69) is 15.0 Å². The number of ether oxygens (including phenoxy) is 1. The third-order valence-corrected chi connectivity index (χ3v) is 4.88. The van der Waals surface area contributed by atoms with Crippen LogP contribution in [0.5, 0.6) is 11.5 Å². The molecule has 0 radical (unpaired) electrons. The normalized spacial score (nSPS) is 11.0. The molecule has 130 valence electrons. The van der Waals surface area contributed by atoms with Crippen LogP contribution in [0, 0.1) is 12.7 Å². The Bertz CT molecular complexity index is 1050. The molecule has 6 heteroatoms. The van der Waals surface area contributed by atoms with Gasteiger partial charge in [0, 0.05) is 17.5 Å². The number of benzene rings is 2. The maximum atomic E-state index is 13.3. The first-order valence-corrected chi connectivity index (χ1v) is 9.13. The maximum Gasteiger partial charge on any atom is 0.166 e. The third-order valence-electron chi connectivity index (χ3n) is 4.00. The van der Waals surface area contributed by atoms with E-state index < -0.39 is 0 Å². The molecule has 2 heterocycles. The van der Waals surface area contributed by atoms with Crippen molar-refractivity contribution in [1.82, 2.24) is 15.0 Å². The van der Waals surface area contributed by atoms with Crippen molar-refractivity contribution < 1.29 is 9.13 Å². The van der Waals surface area contributed by atoms with Crippen molar-refractivity contribution in [2.75, 3.05) is 0 Å². The summed E-state index contributed by atoms with van der Waals surface area (Å²) in [4.78, 5) is 12.1. The number of hydrogen-bond acceptors (Lipinski definition) is 4. The molecule has 4 aromatic rings. The Kier molecular flexibility index (Phi) is 4.58. The van der Waals surface area contributed by atoms with E-state index in [1.165, 1.54) is 23.9 Å². The maximum absolute atomic E-state index is 13.3. The number of pyridine rings is 1. The molecule has 2 aromatic heterocycles. The number of fused-ring (bicyclic) bond motifs is 1. The Hall–Kier alpha value is -2.86. The zero-order chi connectivity index (χ0) is 17.9. The van der Waals surface area contributed by atoms with Crippen molar-refractivity contribution in [3.63, 3.8) is 0 Å². The van der Waals surface area contributed by atoms with Crippen LogP contribution >= 0.6 is 11.8 Å². The monoisotopic (exact) mass is 365 g/mol. The van der Waals surface area contributed by atoms with Crippen LogP contribution in [0.1, 0.15) is 11.3 Å². The van der Waals surface area contributed by atoms with Gasteiger partial charge in [0.1, 0.15) is 17.3 Å². The van der Waals surface area contributed by atoms with E-state index >= 15 is 0 Å². The lowest BCUT2D eigenvalue weighted by molar-refractivity contribution is 0.477. The van der Waals surface area contributed by atoms with Gasteiger partial charge in [-0.25, -0.2) is 9.37 Å². The molecule has 0 amide bonds. The summed E-state index contributed by atoms with van der Waals surface area (Å²) in [6.07, 6.45) is 1.75. The largest absolute Gasteiger partial charge is 0.457 e. The van der Waals surface area contributed by atoms with Gasteiger partial charge < -0.3 is 9.72 Å². The molecule has 0 saturated heterocycles. The molecule has 0 aliphatic heterocycles. The van der Waals surface area contributed by atoms with E-state index in [-0.39, 0.29) is 5.82 Å². The van der Waals surface area contributed by atoms with Crippen molar-refractivity contribution in [2.45, 2.75) is 17.8 Å². The van der Waals surface area contributed by atoms with Crippen LogP contribution in [-0.2, 0) is 5.75 Å². The van der Waals surface area contributed by atoms with Crippen molar-refractivity contribution in [3.8, 4) is 11.5 Å². The molecule has 0 fully saturated rings. The molecule has 0 bridgehead atoms. The zero-order valence-electron chi connectivity index (χ0n) is 14.1. The Morgan fingerprint density at radius 3 is 2.81 bits per heavy atom. The third kappa shape index (κ3) is 3.55. The Morgan fingerprint density at radius 1 is 1.12 bits per heavy atom. The Balaban J connectivity index is 1.51. The molecular weight excluding hydrogens is 349 g/mol. The average Bonchev–Trinajstić information content (AvgIpc) is 3.05. The molecule has 0 saturated carbocycles. The number of H-pyrrole nitrogens is 1. The molecular formula is C20H16FN3OS. The van der Waals surface area contributed by atoms with Gasteiger partial charge in [0.2, 0.25) is 0 Å². The first-order chi connectivity index (χ1) is 12.7. The minimum Gasteiger partial charge on any atom is -0.457 e. The molecule has 0 unspecified atom stereocenters. The zero-order valence-corrected chi connectivity index (χ0v) is 14.9. The number of para-hydroxylation sites is 1. The van der Waals surface area contributed by atoms with E-state index in [1.807, 2.05) is 43.3 Å². The number of nitrogens with one attached hydrogen (secondary N) is 1. The van der Waals surface area contributed by atoms with E-state index in [4.69, 9.17) is 4.74 Å². The van der Waals surface area contributed by atoms with Crippen LogP contribution in [0.25, 0.3) is 11.0 Å². The Morgan fingerprint density at radius 2 is 1.96 bits per heavy atom. The second-order valence-electron chi connectivity index (χ2n) is 5.79. The summed E-state index contributed by atoms with van der Waals surface area (Å²) >= 11 is 1.53. The van der Waals surface area contributed by atoms with Gasteiger partial charge in [-0.1, -0.05) is 30.0 Å². The fraction of sp³-hybridized carbons (Fsp3) is 0.100. The van der Waals surface area contributed by atoms with Crippen molar-refractivity contribution in [1.29, 1.82) is 0 Å². The fourth-order valence-corrected chi connectivity index (χ4v) is 3.50. The smallest absolute Gasteiger partial charge is 0.166 e. The number of nitrogens with zero attached hydrogens (tertiary/aromatic N) is 2. The molecule has 0 atom stereocenters. The SMILES string of the molecule is Cc1c(Oc2ccccc2)ccnc1CSc1nc2ccc(F)cc2[nH]1. The van der Waals surface area contributed by atoms with Crippen LogP contribution in [0.3, 0.4) is 0 Å². The van der Waals surface area contributed by atoms with E-state index in [1.54, 1.807) is 12.3 Å². The molecule has 4 rings (SSSR count). The van der Waals surface area contributed by atoms with Crippen molar-refractivity contribution in [2.24, 2.45) is 0 Å². The molecule has 0 spiro atoms. The van der Waals surface area contributed by atoms with Crippen molar-refractivity contribution >= 4 is 22.8 Å². The first kappa shape index (κ1) is 16.6. The van der Waals surface area contributed by atoms with E-state index in [0.717, 1.165) is 33.4 Å². The topological polar surface area (TPSA) is 50.8 Å². The van der Waals surface area contributed by atoms with Gasteiger partial charge in [-0.15, -0.1) is 0 Å². The lowest BCUT2D eigenvalue weighted by atomic mass is 10.2. The van der Waals surface area contributed by atoms with Gasteiger partial charge in [0.25, 0.3) is 0 Å². The highest BCUT2D eigenvalue weighted by molar-refractivity contribution is 7.98. The van der Waals surface area contributed by atoms with E-state index in [9.17, 15) is 4.39 Å². The van der Waals surface area contributed by atoms with Crippen LogP contribution in [-0.4, -0.2) is 15.0 Å². The van der Waals surface area contributed by atoms with Crippen LogP contribution in [0.2, 0.25) is 0 Å². The van der Waals surface area contributed by atoms with Crippen molar-refractivity contribution in [3.05, 3.63) is 77.9 Å². The molecule has 4 nitrogen and oxygen atoms in total. The van der Waals surface area contributed by atoms with Crippen LogP contribution < -0.4 is 4.74 Å². The highest BCUT2D eigenvalue weighted by Gasteiger charge is 2.10. The standard InChI is InChI=1S/C20H16FN3OS/c1-13-18(22-10-9-19(13)25-15-5-3-2-4-6-15)12-26-20-23-16-8-7-14(21)11-17(16)24-20/h2-11H,12H2,1H3,(H,23,24). The first-order valence-electron chi connectivity index (χ1n) is 8.14. The van der Waals surface area contributed by atoms with Crippen LogP contribution in [0.15, 0.2) is 66.0 Å². The summed E-state index contributed by atoms with van der Waals surface area (Å²) in [6, 6.07) is 16.1. The molecule has 2 aromatic carbocycles. The van der Waals surface area contributed by atoms with Gasteiger partial charge >= 0.3 is 0 Å². The quantitative estimate of drug-likeness (QED) is 0.475. The number of imidazole rings is 1. The second kappa shape index (κ2) is 7.17. The number of hydrogen-bond donors (Lipinski definition) is 1. The van der Waals surface area contributed by atoms with Gasteiger partial charge in [-0.2, -0.15) is 0 Å². The number of rotatable bonds is 5. The van der Waals surface area contributed by atoms with Gasteiger partial charge in [-0.3, -0.25) is 4.98 Å². The lowest BCUT2D eigenvalue weighted by Crippen LogP contribution is -1.96. The second-order valence-corrected chi connectivity index (χ2v) is 6.75. The van der Waals surface area contributed by atoms with Gasteiger partial charge in [0.05, 0.1) is 16.7 Å². The average molecular weight is 365 g/mol. The summed E-state index contributed by atoms with van der Waals surface area (Å²) in [6.45, 7) is 2.00. The molecule has 26 heavy (non-hydrogen) atoms.